The number of pyridine rings is 1. The number of likely N-dealkylation sites (N-methyl/N-ethyl adjacent to an activating group) is 1. The second-order valence-electron chi connectivity index (χ2n) is 10.6. The van der Waals surface area contributed by atoms with Gasteiger partial charge in [0.15, 0.2) is 0 Å². The van der Waals surface area contributed by atoms with Crippen LogP contribution in [-0.2, 0) is 9.53 Å². The Morgan fingerprint density at radius 3 is 2.73 bits per heavy atom. The lowest BCUT2D eigenvalue weighted by Crippen LogP contribution is -2.31. The van der Waals surface area contributed by atoms with Gasteiger partial charge < -0.3 is 34.8 Å². The van der Waals surface area contributed by atoms with Gasteiger partial charge in [0.05, 0.1) is 54.2 Å². The molecular weight excluding hydrogens is 540 g/mol. The van der Waals surface area contributed by atoms with Crippen molar-refractivity contribution in [3.8, 4) is 17.6 Å². The number of hydrogen-bond acceptors (Lipinski definition) is 11. The van der Waals surface area contributed by atoms with Crippen molar-refractivity contribution < 1.29 is 28.8 Å². The Labute approximate surface area is 237 Å². The summed E-state index contributed by atoms with van der Waals surface area (Å²) in [5, 5.41) is 11.1. The molecule has 0 radical (unpaired) electrons. The number of carboxylic acid groups (broad SMARTS) is 1. The van der Waals surface area contributed by atoms with E-state index >= 15 is 0 Å². The lowest BCUT2D eigenvalue weighted by molar-refractivity contribution is -0.143. The van der Waals surface area contributed by atoms with Crippen molar-refractivity contribution >= 4 is 23.3 Å². The quantitative estimate of drug-likeness (QED) is 0.280. The minimum absolute atomic E-state index is 0.0232. The average Bonchev–Trinajstić information content (AvgIpc) is 3.65. The van der Waals surface area contributed by atoms with Gasteiger partial charge in [-0.05, 0) is 56.6 Å². The lowest BCUT2D eigenvalue weighted by atomic mass is 9.92. The molecule has 5 N–H and O–H groups in total. The number of nitrogens with two attached hydrogens (primary N) is 2. The first-order valence-electron chi connectivity index (χ1n) is 13.4. The van der Waals surface area contributed by atoms with Gasteiger partial charge in [-0.25, -0.2) is 15.8 Å². The molecule has 0 amide bonds. The standard InChI is InChI=1S/C27H35ClN6O6/c1-14-23(39-17-9-15-3-4-18(26(35)36)19(15)10-17)6-5-21(32-14)24(29)22(34(2)30)13-38-27-31-11-20(28)25(33-27)40-16-7-8-37-12-16/h5-6,11,15-19H,3-4,7-10,12-13,29-30H2,1-2H3,(H,35,36)/b24-22-. The molecule has 2 aromatic heterocycles. The number of carboxylic acids is 1. The van der Waals surface area contributed by atoms with Gasteiger partial charge >= 0.3 is 12.0 Å². The number of nitrogens with zero attached hydrogens (tertiary/aromatic N) is 4. The Morgan fingerprint density at radius 1 is 1.20 bits per heavy atom. The molecule has 5 atom stereocenters. The largest absolute Gasteiger partial charge is 0.489 e. The zero-order chi connectivity index (χ0) is 28.4. The molecule has 2 aliphatic carbocycles. The van der Waals surface area contributed by atoms with Crippen LogP contribution >= 0.6 is 11.6 Å². The molecule has 3 fully saturated rings. The van der Waals surface area contributed by atoms with E-state index in [0.29, 0.717) is 47.7 Å². The Bertz CT molecular complexity index is 1270. The molecule has 13 heteroatoms. The summed E-state index contributed by atoms with van der Waals surface area (Å²) >= 11 is 6.20. The van der Waals surface area contributed by atoms with E-state index in [-0.39, 0.29) is 47.6 Å². The molecule has 3 aliphatic rings. The number of hydrazine groups is 1. The molecule has 3 heterocycles. The zero-order valence-corrected chi connectivity index (χ0v) is 23.3. The van der Waals surface area contributed by atoms with Crippen LogP contribution in [0, 0.1) is 24.7 Å². The molecule has 40 heavy (non-hydrogen) atoms. The molecule has 12 nitrogen and oxygen atoms in total. The van der Waals surface area contributed by atoms with Gasteiger partial charge in [-0.15, -0.1) is 0 Å². The van der Waals surface area contributed by atoms with Gasteiger partial charge in [0.1, 0.15) is 23.5 Å². The number of carbonyl (C=O) groups is 1. The topological polar surface area (TPSA) is 168 Å². The van der Waals surface area contributed by atoms with Crippen LogP contribution in [-0.4, -0.2) is 70.1 Å². The van der Waals surface area contributed by atoms with E-state index in [1.165, 1.54) is 11.2 Å². The van der Waals surface area contributed by atoms with Crippen LogP contribution in [0.25, 0.3) is 5.70 Å². The Hall–Kier alpha value is -3.35. The smallest absolute Gasteiger partial charge is 0.320 e. The maximum Gasteiger partial charge on any atom is 0.320 e. The highest BCUT2D eigenvalue weighted by Crippen LogP contribution is 2.48. The molecule has 0 bridgehead atoms. The van der Waals surface area contributed by atoms with Crippen molar-refractivity contribution in [2.24, 2.45) is 29.3 Å². The predicted molar refractivity (Wildman–Crippen MR) is 145 cm³/mol. The Morgan fingerprint density at radius 2 is 2.02 bits per heavy atom. The monoisotopic (exact) mass is 574 g/mol. The summed E-state index contributed by atoms with van der Waals surface area (Å²) in [7, 11) is 1.65. The van der Waals surface area contributed by atoms with E-state index in [1.807, 2.05) is 13.0 Å². The first-order valence-corrected chi connectivity index (χ1v) is 13.8. The van der Waals surface area contributed by atoms with Gasteiger partial charge in [-0.2, -0.15) is 4.98 Å². The van der Waals surface area contributed by atoms with Crippen LogP contribution in [0.5, 0.6) is 17.6 Å². The first kappa shape index (κ1) is 28.2. The number of halogens is 1. The Kier molecular flexibility index (Phi) is 8.48. The number of aryl methyl sites for hydroxylation is 1. The number of rotatable bonds is 10. The van der Waals surface area contributed by atoms with E-state index in [2.05, 4.69) is 15.0 Å². The molecular formula is C27H35ClN6O6. The minimum atomic E-state index is -0.696. The van der Waals surface area contributed by atoms with Gasteiger partial charge in [0, 0.05) is 13.5 Å². The van der Waals surface area contributed by atoms with Crippen molar-refractivity contribution in [1.29, 1.82) is 0 Å². The molecule has 1 aliphatic heterocycles. The maximum atomic E-state index is 11.6. The summed E-state index contributed by atoms with van der Waals surface area (Å²) in [5.41, 5.74) is 8.45. The maximum absolute atomic E-state index is 11.6. The van der Waals surface area contributed by atoms with Crippen LogP contribution in [0.15, 0.2) is 24.0 Å². The van der Waals surface area contributed by atoms with E-state index < -0.39 is 5.97 Å². The number of hydrogen-bond donors (Lipinski definition) is 3. The molecule has 0 aromatic carbocycles. The number of fused-ring (bicyclic) bond motifs is 1. The van der Waals surface area contributed by atoms with Crippen LogP contribution < -0.4 is 25.8 Å². The highest BCUT2D eigenvalue weighted by Gasteiger charge is 2.47. The van der Waals surface area contributed by atoms with Crippen LogP contribution in [0.1, 0.15) is 43.5 Å². The fraction of sp³-hybridized carbons (Fsp3) is 0.556. The fourth-order valence-corrected chi connectivity index (χ4v) is 5.98. The summed E-state index contributed by atoms with van der Waals surface area (Å²) in [6.07, 6.45) is 5.33. The van der Waals surface area contributed by atoms with E-state index in [4.69, 9.17) is 42.1 Å². The molecule has 2 saturated carbocycles. The predicted octanol–water partition coefficient (Wildman–Crippen LogP) is 2.78. The minimum Gasteiger partial charge on any atom is -0.489 e. The number of aromatic nitrogens is 3. The van der Waals surface area contributed by atoms with E-state index in [0.717, 1.165) is 32.1 Å². The molecule has 5 rings (SSSR count). The van der Waals surface area contributed by atoms with Crippen molar-refractivity contribution in [1.82, 2.24) is 20.0 Å². The first-order chi connectivity index (χ1) is 19.2. The summed E-state index contributed by atoms with van der Waals surface area (Å²) in [6.45, 7) is 2.92. The molecule has 5 unspecified atom stereocenters. The zero-order valence-electron chi connectivity index (χ0n) is 22.6. The lowest BCUT2D eigenvalue weighted by Gasteiger charge is -2.21. The van der Waals surface area contributed by atoms with Crippen LogP contribution in [0.2, 0.25) is 5.02 Å². The summed E-state index contributed by atoms with van der Waals surface area (Å²) < 4.78 is 23.2. The third-order valence-corrected chi connectivity index (χ3v) is 8.19. The molecule has 216 valence electrons. The summed E-state index contributed by atoms with van der Waals surface area (Å²) in [6, 6.07) is 3.66. The van der Waals surface area contributed by atoms with Crippen molar-refractivity contribution in [3.63, 3.8) is 0 Å². The van der Waals surface area contributed by atoms with E-state index in [1.54, 1.807) is 13.1 Å². The van der Waals surface area contributed by atoms with Crippen molar-refractivity contribution in [3.05, 3.63) is 40.4 Å². The fourth-order valence-electron chi connectivity index (χ4n) is 5.84. The second-order valence-corrected chi connectivity index (χ2v) is 11.0. The normalized spacial score (nSPS) is 26.2. The summed E-state index contributed by atoms with van der Waals surface area (Å²) in [5.74, 6) is 6.58. The van der Waals surface area contributed by atoms with Gasteiger partial charge in [0.25, 0.3) is 0 Å². The highest BCUT2D eigenvalue weighted by molar-refractivity contribution is 6.31. The average molecular weight is 575 g/mol. The van der Waals surface area contributed by atoms with E-state index in [9.17, 15) is 9.90 Å². The third kappa shape index (κ3) is 6.18. The highest BCUT2D eigenvalue weighted by atomic mass is 35.5. The molecule has 1 saturated heterocycles. The number of aliphatic carboxylic acids is 1. The second kappa shape index (κ2) is 12.0. The Balaban J connectivity index is 1.25. The molecule has 0 spiro atoms. The van der Waals surface area contributed by atoms with Crippen LogP contribution in [0.3, 0.4) is 0 Å². The molecule has 2 aromatic rings. The van der Waals surface area contributed by atoms with Crippen LogP contribution in [0.4, 0.5) is 0 Å². The van der Waals surface area contributed by atoms with Gasteiger partial charge in [-0.3, -0.25) is 4.79 Å². The van der Waals surface area contributed by atoms with Crippen molar-refractivity contribution in [2.75, 3.05) is 26.9 Å². The SMILES string of the molecule is Cc1nc(/C(N)=C(\COc2ncc(Cl)c(OC3CCOC3)n2)N(C)N)ccc1OC1CC2CCC(C(=O)O)C2C1. The third-order valence-electron chi connectivity index (χ3n) is 7.93. The van der Waals surface area contributed by atoms with Gasteiger partial charge in [0.2, 0.25) is 5.88 Å². The summed E-state index contributed by atoms with van der Waals surface area (Å²) in [4.78, 5) is 24.6. The van der Waals surface area contributed by atoms with Crippen molar-refractivity contribution in [2.45, 2.75) is 51.2 Å². The van der Waals surface area contributed by atoms with Gasteiger partial charge in [-0.1, -0.05) is 11.6 Å². The number of ether oxygens (including phenoxy) is 4.